The average Bonchev–Trinajstić information content (AvgIpc) is 2.54. The van der Waals surface area contributed by atoms with Gasteiger partial charge in [0.1, 0.15) is 11.6 Å². The topological polar surface area (TPSA) is 91.2 Å². The van der Waals surface area contributed by atoms with Crippen LogP contribution >= 0.6 is 0 Å². The maximum absolute atomic E-state index is 12.1. The van der Waals surface area contributed by atoms with Crippen LogP contribution in [0.2, 0.25) is 0 Å². The Kier molecular flexibility index (Phi) is 7.67. The monoisotopic (exact) mass is 343 g/mol. The molecule has 134 valence electrons. The van der Waals surface area contributed by atoms with Gasteiger partial charge in [0.25, 0.3) is 5.91 Å². The minimum absolute atomic E-state index is 0.0796. The number of nitriles is 1. The van der Waals surface area contributed by atoms with Crippen molar-refractivity contribution in [1.82, 2.24) is 5.32 Å². The molecule has 0 aromatic heterocycles. The number of unbranched alkanes of at least 4 members (excludes halogenated alkanes) is 1. The van der Waals surface area contributed by atoms with Gasteiger partial charge in [-0.1, -0.05) is 25.5 Å². The molecule has 0 spiro atoms. The van der Waals surface area contributed by atoms with E-state index in [1.54, 1.807) is 24.3 Å². The lowest BCUT2D eigenvalue weighted by molar-refractivity contribution is -0.118. The van der Waals surface area contributed by atoms with E-state index in [1.807, 2.05) is 33.8 Å². The molecule has 6 nitrogen and oxygen atoms in total. The number of hydrogen-bond acceptors (Lipinski definition) is 5. The zero-order chi connectivity index (χ0) is 18.9. The van der Waals surface area contributed by atoms with Crippen molar-refractivity contribution in [1.29, 1.82) is 5.26 Å². The first-order chi connectivity index (χ1) is 11.8. The first kappa shape index (κ1) is 20.2. The molecule has 0 saturated heterocycles. The van der Waals surface area contributed by atoms with Crippen LogP contribution in [0.15, 0.2) is 36.0 Å². The number of carbonyl (C=O) groups is 2. The highest BCUT2D eigenvalue weighted by atomic mass is 16.5. The van der Waals surface area contributed by atoms with E-state index in [0.29, 0.717) is 17.9 Å². The normalized spacial score (nSPS) is 11.4. The predicted octanol–water partition coefficient (Wildman–Crippen LogP) is 3.38. The first-order valence-electron chi connectivity index (χ1n) is 8.24. The van der Waals surface area contributed by atoms with Crippen molar-refractivity contribution >= 4 is 17.6 Å². The molecule has 0 saturated carbocycles. The fourth-order valence-electron chi connectivity index (χ4n) is 1.88. The molecule has 1 aromatic carbocycles. The highest BCUT2D eigenvalue weighted by molar-refractivity contribution is 5.99. The number of esters is 1. The highest BCUT2D eigenvalue weighted by Crippen LogP contribution is 2.17. The maximum atomic E-state index is 12.1. The molecule has 0 aliphatic heterocycles. The molecule has 0 heterocycles. The molecule has 0 radical (unpaired) electrons. The van der Waals surface area contributed by atoms with Crippen LogP contribution < -0.4 is 10.6 Å². The van der Waals surface area contributed by atoms with Crippen molar-refractivity contribution < 1.29 is 14.3 Å². The highest BCUT2D eigenvalue weighted by Gasteiger charge is 2.17. The minimum Gasteiger partial charge on any atom is -0.462 e. The Morgan fingerprint density at radius 1 is 1.28 bits per heavy atom. The lowest BCUT2D eigenvalue weighted by atomic mass is 10.1. The van der Waals surface area contributed by atoms with E-state index in [4.69, 9.17) is 4.74 Å². The summed E-state index contributed by atoms with van der Waals surface area (Å²) in [5, 5.41) is 14.8. The first-order valence-corrected chi connectivity index (χ1v) is 8.24. The van der Waals surface area contributed by atoms with Crippen molar-refractivity contribution in [3.05, 3.63) is 41.6 Å². The summed E-state index contributed by atoms with van der Waals surface area (Å²) >= 11 is 0. The largest absolute Gasteiger partial charge is 0.462 e. The second-order valence-electron chi connectivity index (χ2n) is 6.55. The van der Waals surface area contributed by atoms with E-state index >= 15 is 0 Å². The van der Waals surface area contributed by atoms with Crippen LogP contribution in [0.5, 0.6) is 0 Å². The van der Waals surface area contributed by atoms with Crippen molar-refractivity contribution in [3.63, 3.8) is 0 Å². The summed E-state index contributed by atoms with van der Waals surface area (Å²) in [7, 11) is 0. The third kappa shape index (κ3) is 7.08. The number of carbonyl (C=O) groups excluding carboxylic acids is 2. The van der Waals surface area contributed by atoms with Crippen LogP contribution in [-0.4, -0.2) is 24.0 Å². The summed E-state index contributed by atoms with van der Waals surface area (Å²) < 4.78 is 5.21. The summed E-state index contributed by atoms with van der Waals surface area (Å²) in [6.45, 7) is 7.86. The maximum Gasteiger partial charge on any atom is 0.340 e. The molecule has 1 aromatic rings. The molecular weight excluding hydrogens is 318 g/mol. The Morgan fingerprint density at radius 3 is 2.56 bits per heavy atom. The van der Waals surface area contributed by atoms with Crippen LogP contribution in [-0.2, 0) is 9.53 Å². The summed E-state index contributed by atoms with van der Waals surface area (Å²) in [5.74, 6) is -0.923. The Labute approximate surface area is 148 Å². The third-order valence-electron chi connectivity index (χ3n) is 3.10. The van der Waals surface area contributed by atoms with Gasteiger partial charge in [-0.25, -0.2) is 4.79 Å². The van der Waals surface area contributed by atoms with Gasteiger partial charge < -0.3 is 15.4 Å². The molecule has 0 aliphatic rings. The van der Waals surface area contributed by atoms with Gasteiger partial charge in [-0.3, -0.25) is 4.79 Å². The lowest BCUT2D eigenvalue weighted by Gasteiger charge is -2.20. The van der Waals surface area contributed by atoms with Gasteiger partial charge in [0.2, 0.25) is 0 Å². The van der Waals surface area contributed by atoms with Crippen molar-refractivity contribution in [2.75, 3.05) is 11.9 Å². The van der Waals surface area contributed by atoms with E-state index in [0.717, 1.165) is 12.8 Å². The van der Waals surface area contributed by atoms with Crippen molar-refractivity contribution in [3.8, 4) is 6.07 Å². The molecule has 0 bridgehead atoms. The minimum atomic E-state index is -0.481. The molecular formula is C19H25N3O3. The Morgan fingerprint density at radius 2 is 1.96 bits per heavy atom. The predicted molar refractivity (Wildman–Crippen MR) is 96.8 cm³/mol. The van der Waals surface area contributed by atoms with E-state index in [9.17, 15) is 14.9 Å². The van der Waals surface area contributed by atoms with Crippen LogP contribution in [0.4, 0.5) is 5.69 Å². The number of para-hydroxylation sites is 1. The third-order valence-corrected chi connectivity index (χ3v) is 3.10. The fraction of sp³-hybridized carbons (Fsp3) is 0.421. The van der Waals surface area contributed by atoms with Gasteiger partial charge in [-0.05, 0) is 39.3 Å². The molecule has 1 rings (SSSR count). The van der Waals surface area contributed by atoms with Gasteiger partial charge in [0, 0.05) is 11.7 Å². The summed E-state index contributed by atoms with van der Waals surface area (Å²) in [4.78, 5) is 24.2. The molecule has 0 fully saturated rings. The number of amides is 1. The van der Waals surface area contributed by atoms with E-state index in [2.05, 4.69) is 10.6 Å². The molecule has 1 amide bonds. The smallest absolute Gasteiger partial charge is 0.340 e. The second kappa shape index (κ2) is 9.48. The molecule has 2 N–H and O–H groups in total. The van der Waals surface area contributed by atoms with E-state index in [-0.39, 0.29) is 5.57 Å². The van der Waals surface area contributed by atoms with Crippen molar-refractivity contribution in [2.24, 2.45) is 0 Å². The summed E-state index contributed by atoms with van der Waals surface area (Å²) in [5.41, 5.74) is 0.293. The Hall–Kier alpha value is -2.81. The number of hydrogen-bond donors (Lipinski definition) is 2. The molecule has 0 aliphatic carbocycles. The zero-order valence-corrected chi connectivity index (χ0v) is 15.2. The van der Waals surface area contributed by atoms with Gasteiger partial charge in [0.15, 0.2) is 0 Å². The number of ether oxygens (including phenoxy) is 1. The van der Waals surface area contributed by atoms with Crippen LogP contribution in [0.25, 0.3) is 0 Å². The fourth-order valence-corrected chi connectivity index (χ4v) is 1.88. The lowest BCUT2D eigenvalue weighted by Crippen LogP contribution is -2.41. The number of rotatable bonds is 7. The van der Waals surface area contributed by atoms with Crippen LogP contribution in [0.3, 0.4) is 0 Å². The Balaban J connectivity index is 2.90. The SMILES string of the molecule is CCCCOC(=O)c1ccccc1N/C=C(/C#N)C(=O)NC(C)(C)C. The quantitative estimate of drug-likeness (QED) is 0.343. The van der Waals surface area contributed by atoms with Gasteiger partial charge in [0.05, 0.1) is 17.9 Å². The zero-order valence-electron chi connectivity index (χ0n) is 15.2. The van der Waals surface area contributed by atoms with E-state index < -0.39 is 17.4 Å². The Bertz CT molecular complexity index is 682. The van der Waals surface area contributed by atoms with E-state index in [1.165, 1.54) is 6.20 Å². The number of nitrogens with one attached hydrogen (secondary N) is 2. The molecule has 6 heteroatoms. The van der Waals surface area contributed by atoms with Crippen molar-refractivity contribution in [2.45, 2.75) is 46.1 Å². The van der Waals surface area contributed by atoms with Gasteiger partial charge in [-0.15, -0.1) is 0 Å². The number of anilines is 1. The summed E-state index contributed by atoms with van der Waals surface area (Å²) in [6.07, 6.45) is 3.02. The van der Waals surface area contributed by atoms with Gasteiger partial charge >= 0.3 is 5.97 Å². The average molecular weight is 343 g/mol. The van der Waals surface area contributed by atoms with Crippen LogP contribution in [0, 0.1) is 11.3 Å². The number of benzene rings is 1. The summed E-state index contributed by atoms with van der Waals surface area (Å²) in [6, 6.07) is 8.65. The number of nitrogens with zero attached hydrogens (tertiary/aromatic N) is 1. The van der Waals surface area contributed by atoms with Crippen LogP contribution in [0.1, 0.15) is 50.9 Å². The second-order valence-corrected chi connectivity index (χ2v) is 6.55. The van der Waals surface area contributed by atoms with Gasteiger partial charge in [-0.2, -0.15) is 5.26 Å². The molecule has 0 atom stereocenters. The molecule has 0 unspecified atom stereocenters. The molecule has 25 heavy (non-hydrogen) atoms. The standard InChI is InChI=1S/C19H25N3O3/c1-5-6-11-25-18(24)15-9-7-8-10-16(15)21-13-14(12-20)17(23)22-19(2,3)4/h7-10,13,21H,5-6,11H2,1-4H3,(H,22,23)/b14-13-.